The van der Waals surface area contributed by atoms with Crippen LogP contribution in [0.4, 0.5) is 0 Å². The normalized spacial score (nSPS) is 14.7. The van der Waals surface area contributed by atoms with Gasteiger partial charge in [0.2, 0.25) is 0 Å². The number of esters is 2. The van der Waals surface area contributed by atoms with E-state index in [-0.39, 0.29) is 26.1 Å². The zero-order chi connectivity index (χ0) is 40.0. The van der Waals surface area contributed by atoms with Crippen molar-refractivity contribution in [3.05, 3.63) is 97.2 Å². The summed E-state index contributed by atoms with van der Waals surface area (Å²) in [6, 6.07) is 0. The molecule has 0 aliphatic carbocycles. The van der Waals surface area contributed by atoms with Crippen LogP contribution in [0.3, 0.4) is 0 Å². The molecule has 54 heavy (non-hydrogen) atoms. The third-order valence-electron chi connectivity index (χ3n) is 7.69. The number of unbranched alkanes of at least 4 members (excludes halogenated alkanes) is 7. The number of phosphoric ester groups is 1. The summed E-state index contributed by atoms with van der Waals surface area (Å²) in [4.78, 5) is 37.4. The Labute approximate surface area is 328 Å². The van der Waals surface area contributed by atoms with Crippen molar-refractivity contribution in [2.24, 2.45) is 0 Å². The first-order valence-corrected chi connectivity index (χ1v) is 21.5. The SMILES string of the molecule is CC/C=C/C=C/C=C/C=C/CCCCCCCC(=O)OC[C@H](COP(=O)([O-])OCC[N+](C)(C)C)OC(=O)CCCC/C=C/C/C=C/C/C=C/C/C=C/CC. The van der Waals surface area contributed by atoms with E-state index in [0.29, 0.717) is 23.9 Å². The van der Waals surface area contributed by atoms with Crippen LogP contribution in [0, 0.1) is 0 Å². The summed E-state index contributed by atoms with van der Waals surface area (Å²) in [5.41, 5.74) is 0. The van der Waals surface area contributed by atoms with Gasteiger partial charge in [-0.15, -0.1) is 0 Å². The number of allylic oxidation sites excluding steroid dienone is 16. The third-order valence-corrected chi connectivity index (χ3v) is 8.66. The second kappa shape index (κ2) is 35.6. The van der Waals surface area contributed by atoms with Crippen LogP contribution >= 0.6 is 7.82 Å². The molecular weight excluding hydrogens is 701 g/mol. The minimum Gasteiger partial charge on any atom is -0.756 e. The second-order valence-electron chi connectivity index (χ2n) is 14.0. The van der Waals surface area contributed by atoms with Gasteiger partial charge in [-0.25, -0.2) is 0 Å². The topological polar surface area (TPSA) is 111 Å². The number of carbonyl (C=O) groups excluding carboxylic acids is 2. The average Bonchev–Trinajstić information content (AvgIpc) is 3.12. The predicted octanol–water partition coefficient (Wildman–Crippen LogP) is 10.4. The number of likely N-dealkylation sites (N-methyl/N-ethyl adjacent to an activating group) is 1. The van der Waals surface area contributed by atoms with Crippen LogP contribution in [0.5, 0.6) is 0 Å². The summed E-state index contributed by atoms with van der Waals surface area (Å²) in [5.74, 6) is -0.925. The van der Waals surface area contributed by atoms with Crippen molar-refractivity contribution in [2.75, 3.05) is 47.5 Å². The molecule has 0 aromatic heterocycles. The lowest BCUT2D eigenvalue weighted by Crippen LogP contribution is -2.37. The molecule has 0 aliphatic heterocycles. The Bertz CT molecular complexity index is 1240. The molecule has 2 atom stereocenters. The highest BCUT2D eigenvalue weighted by Gasteiger charge is 2.21. The number of nitrogens with zero attached hydrogens (tertiary/aromatic N) is 1. The van der Waals surface area contributed by atoms with Gasteiger partial charge in [0.1, 0.15) is 19.8 Å². The number of hydrogen-bond donors (Lipinski definition) is 0. The molecule has 0 saturated carbocycles. The van der Waals surface area contributed by atoms with Crippen molar-refractivity contribution < 1.29 is 42.1 Å². The quantitative estimate of drug-likeness (QED) is 0.0159. The molecule has 1 unspecified atom stereocenters. The summed E-state index contributed by atoms with van der Waals surface area (Å²) in [5, 5.41) is 0. The van der Waals surface area contributed by atoms with Crippen LogP contribution in [-0.4, -0.2) is 70.0 Å². The first-order chi connectivity index (χ1) is 26.0. The Kier molecular flexibility index (Phi) is 33.6. The van der Waals surface area contributed by atoms with Gasteiger partial charge in [-0.1, -0.05) is 130 Å². The van der Waals surface area contributed by atoms with E-state index in [0.717, 1.165) is 77.0 Å². The average molecular weight is 774 g/mol. The van der Waals surface area contributed by atoms with Gasteiger partial charge in [0.05, 0.1) is 27.7 Å². The van der Waals surface area contributed by atoms with Crippen LogP contribution < -0.4 is 4.89 Å². The third kappa shape index (κ3) is 38.6. The van der Waals surface area contributed by atoms with E-state index in [1.165, 1.54) is 0 Å². The molecule has 0 rings (SSSR count). The van der Waals surface area contributed by atoms with E-state index in [1.54, 1.807) is 0 Å². The maximum absolute atomic E-state index is 12.6. The molecule has 0 radical (unpaired) electrons. The van der Waals surface area contributed by atoms with E-state index in [2.05, 4.69) is 80.7 Å². The lowest BCUT2D eigenvalue weighted by molar-refractivity contribution is -0.870. The number of hydrogen-bond acceptors (Lipinski definition) is 8. The fourth-order valence-corrected chi connectivity index (χ4v) is 5.32. The summed E-state index contributed by atoms with van der Waals surface area (Å²) in [7, 11) is 1.10. The summed E-state index contributed by atoms with van der Waals surface area (Å²) >= 11 is 0. The van der Waals surface area contributed by atoms with E-state index in [9.17, 15) is 19.0 Å². The Balaban J connectivity index is 4.56. The molecule has 0 N–H and O–H groups in total. The van der Waals surface area contributed by atoms with Gasteiger partial charge in [0, 0.05) is 12.8 Å². The summed E-state index contributed by atoms with van der Waals surface area (Å²) < 4.78 is 33.7. The van der Waals surface area contributed by atoms with Crippen LogP contribution in [0.1, 0.15) is 117 Å². The molecule has 0 aromatic carbocycles. The number of phosphoric acid groups is 1. The molecule has 0 aromatic rings. The zero-order valence-electron chi connectivity index (χ0n) is 34.1. The van der Waals surface area contributed by atoms with Gasteiger partial charge < -0.3 is 27.9 Å². The summed E-state index contributed by atoms with van der Waals surface area (Å²) in [6.45, 7) is 3.85. The number of carbonyl (C=O) groups is 2. The molecular formula is C44H72NO8P. The lowest BCUT2D eigenvalue weighted by Gasteiger charge is -2.28. The molecule has 0 amide bonds. The van der Waals surface area contributed by atoms with Gasteiger partial charge in [0.15, 0.2) is 6.10 Å². The molecule has 0 bridgehead atoms. The number of ether oxygens (including phenoxy) is 2. The van der Waals surface area contributed by atoms with Gasteiger partial charge in [-0.05, 0) is 70.6 Å². The van der Waals surface area contributed by atoms with Crippen molar-refractivity contribution in [3.63, 3.8) is 0 Å². The number of rotatable bonds is 34. The standard InChI is InChI=1S/C44H72NO8P/c1-6-8-10-12-14-16-18-20-22-24-26-28-30-32-34-36-43(46)50-40-42(41-52-54(48,49)51-39-38-45(3,4)5)53-44(47)37-35-33-31-29-27-25-23-21-19-17-15-13-11-9-7-2/h8-12,14-18,20-23,27,29,42H,6-7,13,19,24-26,28,30-41H2,1-5H3/b10-8+,11-9+,14-12+,17-15+,18-16+,22-20+,23-21+,29-27+/t42-/m1/s1. The minimum atomic E-state index is -4.65. The Morgan fingerprint density at radius 1 is 0.593 bits per heavy atom. The minimum absolute atomic E-state index is 0.0493. The molecule has 306 valence electrons. The highest BCUT2D eigenvalue weighted by atomic mass is 31.2. The van der Waals surface area contributed by atoms with Gasteiger partial charge in [-0.3, -0.25) is 14.2 Å². The van der Waals surface area contributed by atoms with E-state index < -0.39 is 32.5 Å². The van der Waals surface area contributed by atoms with Crippen molar-refractivity contribution in [2.45, 2.75) is 123 Å². The van der Waals surface area contributed by atoms with Crippen molar-refractivity contribution >= 4 is 19.8 Å². The van der Waals surface area contributed by atoms with Crippen molar-refractivity contribution in [1.29, 1.82) is 0 Å². The molecule has 0 spiro atoms. The maximum atomic E-state index is 12.6. The molecule has 9 nitrogen and oxygen atoms in total. The number of quaternary nitrogens is 1. The van der Waals surface area contributed by atoms with Crippen molar-refractivity contribution in [1.82, 2.24) is 0 Å². The maximum Gasteiger partial charge on any atom is 0.306 e. The Hall–Kier alpha value is -3.07. The van der Waals surface area contributed by atoms with Crippen molar-refractivity contribution in [3.8, 4) is 0 Å². The van der Waals surface area contributed by atoms with Crippen LogP contribution in [0.15, 0.2) is 97.2 Å². The Morgan fingerprint density at radius 2 is 1.09 bits per heavy atom. The van der Waals surface area contributed by atoms with Gasteiger partial charge in [-0.2, -0.15) is 0 Å². The largest absolute Gasteiger partial charge is 0.756 e. The van der Waals surface area contributed by atoms with E-state index in [1.807, 2.05) is 51.5 Å². The fraction of sp³-hybridized carbons (Fsp3) is 0.591. The first-order valence-electron chi connectivity index (χ1n) is 20.0. The first kappa shape index (κ1) is 50.9. The van der Waals surface area contributed by atoms with Gasteiger partial charge in [0.25, 0.3) is 7.82 Å². The lowest BCUT2D eigenvalue weighted by atomic mass is 10.1. The van der Waals surface area contributed by atoms with Crippen LogP contribution in [0.25, 0.3) is 0 Å². The smallest absolute Gasteiger partial charge is 0.306 e. The second-order valence-corrected chi connectivity index (χ2v) is 15.4. The molecule has 10 heteroatoms. The highest BCUT2D eigenvalue weighted by Crippen LogP contribution is 2.38. The van der Waals surface area contributed by atoms with Crippen LogP contribution in [-0.2, 0) is 32.7 Å². The van der Waals surface area contributed by atoms with Gasteiger partial charge >= 0.3 is 11.9 Å². The molecule has 0 heterocycles. The highest BCUT2D eigenvalue weighted by molar-refractivity contribution is 7.45. The molecule has 0 saturated heterocycles. The monoisotopic (exact) mass is 773 g/mol. The van der Waals surface area contributed by atoms with E-state index in [4.69, 9.17) is 18.5 Å². The Morgan fingerprint density at radius 3 is 1.74 bits per heavy atom. The van der Waals surface area contributed by atoms with Crippen LogP contribution in [0.2, 0.25) is 0 Å². The fourth-order valence-electron chi connectivity index (χ4n) is 4.59. The predicted molar refractivity (Wildman–Crippen MR) is 222 cm³/mol. The molecule has 0 aliphatic rings. The van der Waals surface area contributed by atoms with E-state index >= 15 is 0 Å². The molecule has 0 fully saturated rings. The zero-order valence-corrected chi connectivity index (χ0v) is 35.0. The summed E-state index contributed by atoms with van der Waals surface area (Å²) in [6.07, 6.45) is 45.8.